The lowest BCUT2D eigenvalue weighted by atomic mass is 9.68. The van der Waals surface area contributed by atoms with Crippen LogP contribution < -0.4 is 14.4 Å². The van der Waals surface area contributed by atoms with E-state index in [2.05, 4.69) is 36.3 Å². The normalized spacial score (nSPS) is 28.1. The Bertz CT molecular complexity index is 2350. The van der Waals surface area contributed by atoms with E-state index >= 15 is 0 Å². The molecule has 6 atom stereocenters. The Hall–Kier alpha value is -4.95. The molecule has 1 saturated carbocycles. The lowest BCUT2D eigenvalue weighted by molar-refractivity contribution is -0.00207. The van der Waals surface area contributed by atoms with Gasteiger partial charge in [0.1, 0.15) is 21.8 Å². The molecule has 4 aromatic rings. The molecule has 2 bridgehead atoms. The molecule has 1 fully saturated rings. The molecular weight excluding hydrogens is 754 g/mol. The average Bonchev–Trinajstić information content (AvgIpc) is 3.75. The molecule has 2 aliphatic heterocycles. The molecule has 4 aliphatic rings. The smallest absolute Gasteiger partial charge is 0.341 e. The predicted molar refractivity (Wildman–Crippen MR) is 212 cm³/mol. The largest absolute Gasteiger partial charge is 0.490 e. The summed E-state index contributed by atoms with van der Waals surface area (Å²) in [5.74, 6) is -1.32. The summed E-state index contributed by atoms with van der Waals surface area (Å²) >= 11 is 6.48. The zero-order valence-electron chi connectivity index (χ0n) is 31.7. The highest BCUT2D eigenvalue weighted by Crippen LogP contribution is 2.47. The van der Waals surface area contributed by atoms with E-state index < -0.39 is 33.8 Å². The number of hydrogen-bond acceptors (Lipinski definition) is 9. The van der Waals surface area contributed by atoms with Crippen LogP contribution >= 0.6 is 11.6 Å². The second-order valence-electron chi connectivity index (χ2n) is 15.9. The van der Waals surface area contributed by atoms with Crippen LogP contribution in [0.2, 0.25) is 5.02 Å². The molecule has 8 rings (SSSR count). The summed E-state index contributed by atoms with van der Waals surface area (Å²) in [7, 11) is -0.195. The zero-order valence-corrected chi connectivity index (χ0v) is 33.3. The molecule has 2 aromatic heterocycles. The molecule has 13 nitrogen and oxygen atoms in total. The number of halogens is 1. The Morgan fingerprint density at radius 2 is 1.84 bits per heavy atom. The molecule has 294 valence electrons. The van der Waals surface area contributed by atoms with Gasteiger partial charge in [-0.15, -0.1) is 4.36 Å². The highest BCUT2D eigenvalue weighted by Gasteiger charge is 2.45. The van der Waals surface area contributed by atoms with Gasteiger partial charge >= 0.3 is 5.97 Å². The maximum Gasteiger partial charge on any atom is 0.341 e. The maximum atomic E-state index is 14.6. The minimum atomic E-state index is -3.62. The molecule has 2 amide bonds. The van der Waals surface area contributed by atoms with Crippen LogP contribution in [0.15, 0.2) is 77.7 Å². The van der Waals surface area contributed by atoms with E-state index in [4.69, 9.17) is 21.1 Å². The van der Waals surface area contributed by atoms with Crippen LogP contribution in [-0.2, 0) is 40.6 Å². The summed E-state index contributed by atoms with van der Waals surface area (Å²) in [6.45, 7) is 3.58. The van der Waals surface area contributed by atoms with Crippen molar-refractivity contribution < 1.29 is 28.1 Å². The fraction of sp³-hybridized carbons (Fsp3) is 0.439. The van der Waals surface area contributed by atoms with Gasteiger partial charge in [-0.25, -0.2) is 9.00 Å². The lowest BCUT2D eigenvalue weighted by Gasteiger charge is -2.46. The quantitative estimate of drug-likeness (QED) is 0.192. The SMILES string of the molecule is C[C@H]1C/C=C/[C@H](OC(=O)c2cnn(C)c2)[C@@H]2CC[C@H]2CN2C[C@@]3(CCCc4cc(Cl)ccc43)COc3ccc(cc32)C(=O)N=[S@](=O)(NC(=O)c2cnn(C)c2)C1. The van der Waals surface area contributed by atoms with Crippen LogP contribution in [0, 0.1) is 17.8 Å². The number of carbonyl (C=O) groups is 3. The molecule has 0 unspecified atom stereocenters. The number of aromatic nitrogens is 4. The molecule has 1 spiro atoms. The molecule has 2 aliphatic carbocycles. The Morgan fingerprint density at radius 3 is 2.57 bits per heavy atom. The summed E-state index contributed by atoms with van der Waals surface area (Å²) in [6.07, 6.45) is 14.4. The minimum absolute atomic E-state index is 0.0268. The number of carbonyl (C=O) groups excluding carboxylic acids is 3. The molecule has 56 heavy (non-hydrogen) atoms. The Kier molecular flexibility index (Phi) is 10.3. The van der Waals surface area contributed by atoms with Crippen molar-refractivity contribution in [2.75, 3.05) is 30.3 Å². The molecule has 1 N–H and O–H groups in total. The van der Waals surface area contributed by atoms with E-state index in [0.717, 1.165) is 37.8 Å². The topological polar surface area (TPSA) is 150 Å². The average molecular weight is 800 g/mol. The number of aryl methyl sites for hydroxylation is 3. The fourth-order valence-corrected chi connectivity index (χ4v) is 10.8. The number of anilines is 1. The van der Waals surface area contributed by atoms with Gasteiger partial charge in [0.05, 0.1) is 41.6 Å². The lowest BCUT2D eigenvalue weighted by Crippen LogP contribution is -2.49. The predicted octanol–water partition coefficient (Wildman–Crippen LogP) is 6.08. The molecular formula is C41H46ClN7O6S. The van der Waals surface area contributed by atoms with Gasteiger partial charge in [-0.3, -0.25) is 23.7 Å². The highest BCUT2D eigenvalue weighted by molar-refractivity contribution is 7.92. The van der Waals surface area contributed by atoms with Gasteiger partial charge in [0, 0.05) is 61.5 Å². The van der Waals surface area contributed by atoms with Gasteiger partial charge in [0.2, 0.25) is 0 Å². The first-order valence-corrected chi connectivity index (χ1v) is 21.2. The van der Waals surface area contributed by atoms with Crippen LogP contribution in [-0.4, -0.2) is 73.1 Å². The second kappa shape index (κ2) is 15.2. The number of amides is 2. The maximum absolute atomic E-state index is 14.6. The number of hydrogen-bond donors (Lipinski definition) is 1. The van der Waals surface area contributed by atoms with E-state index in [-0.39, 0.29) is 40.0 Å². The number of nitrogens with one attached hydrogen (secondary N) is 1. The van der Waals surface area contributed by atoms with Crippen molar-refractivity contribution in [3.05, 3.63) is 106 Å². The van der Waals surface area contributed by atoms with E-state index in [1.165, 1.54) is 34.4 Å². The monoisotopic (exact) mass is 799 g/mol. The van der Waals surface area contributed by atoms with Crippen molar-refractivity contribution in [3.63, 3.8) is 0 Å². The van der Waals surface area contributed by atoms with E-state index in [1.807, 2.05) is 25.1 Å². The summed E-state index contributed by atoms with van der Waals surface area (Å²) in [4.78, 5) is 43.2. The third kappa shape index (κ3) is 7.73. The fourth-order valence-electron chi connectivity index (χ4n) is 8.70. The Morgan fingerprint density at radius 1 is 1.05 bits per heavy atom. The first-order valence-electron chi connectivity index (χ1n) is 19.1. The van der Waals surface area contributed by atoms with Crippen LogP contribution in [0.3, 0.4) is 0 Å². The first kappa shape index (κ1) is 37.9. The summed E-state index contributed by atoms with van der Waals surface area (Å²) < 4.78 is 37.4. The minimum Gasteiger partial charge on any atom is -0.490 e. The Balaban J connectivity index is 1.20. The molecule has 15 heteroatoms. The van der Waals surface area contributed by atoms with Crippen LogP contribution in [0.1, 0.15) is 81.2 Å². The van der Waals surface area contributed by atoms with E-state index in [0.29, 0.717) is 42.5 Å². The Labute approximate surface area is 331 Å². The van der Waals surface area contributed by atoms with Crippen LogP contribution in [0.4, 0.5) is 5.69 Å². The van der Waals surface area contributed by atoms with E-state index in [1.54, 1.807) is 43.2 Å². The van der Waals surface area contributed by atoms with Gasteiger partial charge in [0.15, 0.2) is 0 Å². The molecule has 2 aromatic carbocycles. The number of esters is 1. The van der Waals surface area contributed by atoms with Gasteiger partial charge in [0.25, 0.3) is 11.8 Å². The third-order valence-electron chi connectivity index (χ3n) is 11.6. The van der Waals surface area contributed by atoms with Crippen molar-refractivity contribution >= 4 is 45.0 Å². The third-order valence-corrected chi connectivity index (χ3v) is 13.9. The van der Waals surface area contributed by atoms with Gasteiger partial charge < -0.3 is 14.4 Å². The number of ether oxygens (including phenoxy) is 2. The van der Waals surface area contributed by atoms with Crippen LogP contribution in [0.5, 0.6) is 5.75 Å². The van der Waals surface area contributed by atoms with Crippen molar-refractivity contribution in [3.8, 4) is 5.75 Å². The highest BCUT2D eigenvalue weighted by atomic mass is 35.5. The van der Waals surface area contributed by atoms with Crippen molar-refractivity contribution in [2.45, 2.75) is 57.0 Å². The zero-order chi connectivity index (χ0) is 39.2. The number of nitrogens with zero attached hydrogens (tertiary/aromatic N) is 6. The summed E-state index contributed by atoms with van der Waals surface area (Å²) in [5, 5.41) is 8.93. The van der Waals surface area contributed by atoms with Crippen molar-refractivity contribution in [1.29, 1.82) is 0 Å². The number of benzene rings is 2. The molecule has 0 saturated heterocycles. The van der Waals surface area contributed by atoms with Gasteiger partial charge in [-0.05, 0) is 97.9 Å². The number of fused-ring (bicyclic) bond motifs is 4. The number of rotatable bonds is 4. The summed E-state index contributed by atoms with van der Waals surface area (Å²) in [5.41, 5.74) is 3.63. The second-order valence-corrected chi connectivity index (χ2v) is 18.3. The van der Waals surface area contributed by atoms with E-state index in [9.17, 15) is 18.6 Å². The standard InChI is InChI=1S/C41H46ClN7O6S/c1-26-6-4-8-36(55-40(52)31-19-44-48(3)21-31)33-12-9-29(33)22-49-24-41(15-5-7-27-16-32(42)11-13-34(27)41)25-54-37-14-10-28(17-35(37)49)38(50)45-56(53,23-26)46-39(51)30-18-43-47(2)20-30/h4,8,10-11,13-14,16-21,26,29,33,36H,5-7,9,12,15,22-25H2,1-3H3,(H,45,46,50,51,53)/b8-4+/t26-,29-,33+,36-,41-,56-/m0/s1. The van der Waals surface area contributed by atoms with Crippen molar-refractivity contribution in [2.24, 2.45) is 36.2 Å². The summed E-state index contributed by atoms with van der Waals surface area (Å²) in [6, 6.07) is 11.3. The van der Waals surface area contributed by atoms with Crippen LogP contribution in [0.25, 0.3) is 0 Å². The molecule has 4 heterocycles. The molecule has 0 radical (unpaired) electrons. The van der Waals surface area contributed by atoms with Crippen molar-refractivity contribution in [1.82, 2.24) is 24.3 Å². The van der Waals surface area contributed by atoms with Gasteiger partial charge in [-0.1, -0.05) is 30.7 Å². The first-order chi connectivity index (χ1) is 26.9. The number of allylic oxidation sites excluding steroid dienone is 1. The van der Waals surface area contributed by atoms with Gasteiger partial charge in [-0.2, -0.15) is 10.2 Å².